The van der Waals surface area contributed by atoms with E-state index >= 15 is 0 Å². The maximum atomic E-state index is 13.2. The number of rotatable bonds is 1. The molecule has 1 aliphatic carbocycles. The lowest BCUT2D eigenvalue weighted by Crippen LogP contribution is -2.29. The van der Waals surface area contributed by atoms with Crippen LogP contribution < -0.4 is 11.2 Å². The Bertz CT molecular complexity index is 736. The van der Waals surface area contributed by atoms with Crippen molar-refractivity contribution in [2.24, 2.45) is 5.73 Å². The zero-order chi connectivity index (χ0) is 13.6. The fourth-order valence-electron chi connectivity index (χ4n) is 2.78. The van der Waals surface area contributed by atoms with Gasteiger partial charge in [0.15, 0.2) is 5.43 Å². The third-order valence-electron chi connectivity index (χ3n) is 3.71. The second kappa shape index (κ2) is 4.19. The molecule has 19 heavy (non-hydrogen) atoms. The first kappa shape index (κ1) is 11.9. The van der Waals surface area contributed by atoms with Crippen LogP contribution in [0.1, 0.15) is 30.0 Å². The number of hydrogen-bond acceptors (Lipinski definition) is 2. The fourth-order valence-corrected chi connectivity index (χ4v) is 2.78. The first-order valence-electron chi connectivity index (χ1n) is 6.21. The first-order chi connectivity index (χ1) is 9.08. The lowest BCUT2D eigenvalue weighted by molar-refractivity contribution is -0.119. The molecule has 2 aromatic rings. The van der Waals surface area contributed by atoms with Crippen molar-refractivity contribution in [3.63, 3.8) is 0 Å². The second-order valence-electron chi connectivity index (χ2n) is 4.88. The third-order valence-corrected chi connectivity index (χ3v) is 3.71. The van der Waals surface area contributed by atoms with E-state index < -0.39 is 17.6 Å². The average Bonchev–Trinajstić information content (AvgIpc) is 2.39. The Kier molecular flexibility index (Phi) is 2.62. The van der Waals surface area contributed by atoms with Crippen LogP contribution in [0, 0.1) is 5.82 Å². The Hall–Kier alpha value is -2.17. The minimum absolute atomic E-state index is 0.200. The van der Waals surface area contributed by atoms with Crippen LogP contribution in [0.2, 0.25) is 0 Å². The molecule has 0 radical (unpaired) electrons. The molecule has 3 N–H and O–H groups in total. The quantitative estimate of drug-likeness (QED) is 0.816. The monoisotopic (exact) mass is 260 g/mol. The van der Waals surface area contributed by atoms with Gasteiger partial charge in [-0.1, -0.05) is 0 Å². The predicted molar refractivity (Wildman–Crippen MR) is 69.4 cm³/mol. The van der Waals surface area contributed by atoms with Crippen molar-refractivity contribution in [1.29, 1.82) is 0 Å². The van der Waals surface area contributed by atoms with Gasteiger partial charge in [0.05, 0.1) is 5.92 Å². The molecule has 1 aromatic heterocycles. The smallest absolute Gasteiger partial charge is 0.226 e. The van der Waals surface area contributed by atoms with Crippen LogP contribution in [0.3, 0.4) is 0 Å². The molecule has 1 amide bonds. The van der Waals surface area contributed by atoms with Crippen LogP contribution in [-0.2, 0) is 11.2 Å². The summed E-state index contributed by atoms with van der Waals surface area (Å²) in [6, 6.07) is 4.02. The van der Waals surface area contributed by atoms with Crippen molar-refractivity contribution in [2.75, 3.05) is 0 Å². The molecule has 4 nitrogen and oxygen atoms in total. The van der Waals surface area contributed by atoms with Crippen LogP contribution in [0.25, 0.3) is 10.9 Å². The minimum atomic E-state index is -0.453. The number of H-pyrrole nitrogens is 1. The largest absolute Gasteiger partial charge is 0.369 e. The van der Waals surface area contributed by atoms with Crippen molar-refractivity contribution < 1.29 is 9.18 Å². The number of amides is 1. The van der Waals surface area contributed by atoms with Gasteiger partial charge in [0.25, 0.3) is 0 Å². The number of pyridine rings is 1. The van der Waals surface area contributed by atoms with E-state index in [-0.39, 0.29) is 5.43 Å². The van der Waals surface area contributed by atoms with Gasteiger partial charge in [-0.15, -0.1) is 0 Å². The maximum Gasteiger partial charge on any atom is 0.226 e. The van der Waals surface area contributed by atoms with E-state index in [1.165, 1.54) is 18.2 Å². The molecule has 1 aliphatic rings. The minimum Gasteiger partial charge on any atom is -0.369 e. The van der Waals surface area contributed by atoms with Crippen LogP contribution in [-0.4, -0.2) is 10.9 Å². The van der Waals surface area contributed by atoms with E-state index in [0.29, 0.717) is 35.0 Å². The van der Waals surface area contributed by atoms with E-state index in [1.54, 1.807) is 0 Å². The van der Waals surface area contributed by atoms with Gasteiger partial charge in [0, 0.05) is 22.2 Å². The highest BCUT2D eigenvalue weighted by molar-refractivity contribution is 5.85. The number of carbonyl (C=O) groups is 1. The summed E-state index contributed by atoms with van der Waals surface area (Å²) >= 11 is 0. The van der Waals surface area contributed by atoms with Gasteiger partial charge in [-0.25, -0.2) is 4.39 Å². The van der Waals surface area contributed by atoms with Gasteiger partial charge < -0.3 is 10.7 Å². The number of primary amides is 1. The number of benzene rings is 1. The highest BCUT2D eigenvalue weighted by Crippen LogP contribution is 2.29. The number of hydrogen-bond donors (Lipinski definition) is 2. The van der Waals surface area contributed by atoms with Gasteiger partial charge in [-0.05, 0) is 37.5 Å². The van der Waals surface area contributed by atoms with Crippen molar-refractivity contribution in [1.82, 2.24) is 4.98 Å². The number of aromatic amines is 1. The molecule has 5 heteroatoms. The van der Waals surface area contributed by atoms with Gasteiger partial charge >= 0.3 is 0 Å². The zero-order valence-corrected chi connectivity index (χ0v) is 10.2. The molecule has 1 unspecified atom stereocenters. The predicted octanol–water partition coefficient (Wildman–Crippen LogP) is 1.57. The Labute approximate surface area is 108 Å². The SMILES string of the molecule is NC(=O)C1CCCc2c1[nH]c1ccc(F)cc1c2=O. The van der Waals surface area contributed by atoms with Crippen molar-refractivity contribution in [2.45, 2.75) is 25.2 Å². The van der Waals surface area contributed by atoms with Crippen molar-refractivity contribution in [3.8, 4) is 0 Å². The van der Waals surface area contributed by atoms with Crippen molar-refractivity contribution >= 4 is 16.8 Å². The summed E-state index contributed by atoms with van der Waals surface area (Å²) in [5.41, 5.74) is 6.88. The zero-order valence-electron chi connectivity index (χ0n) is 10.2. The molecule has 0 saturated carbocycles. The lowest BCUT2D eigenvalue weighted by Gasteiger charge is -2.22. The highest BCUT2D eigenvalue weighted by Gasteiger charge is 2.27. The molecule has 98 valence electrons. The van der Waals surface area contributed by atoms with Gasteiger partial charge in [-0.3, -0.25) is 9.59 Å². The number of carbonyl (C=O) groups excluding carboxylic acids is 1. The topological polar surface area (TPSA) is 76.0 Å². The summed E-state index contributed by atoms with van der Waals surface area (Å²) in [6.07, 6.45) is 1.98. The second-order valence-corrected chi connectivity index (χ2v) is 4.88. The Morgan fingerprint density at radius 1 is 1.42 bits per heavy atom. The number of nitrogens with two attached hydrogens (primary N) is 1. The van der Waals surface area contributed by atoms with Gasteiger partial charge in [0.2, 0.25) is 5.91 Å². The van der Waals surface area contributed by atoms with E-state index in [0.717, 1.165) is 6.42 Å². The van der Waals surface area contributed by atoms with Crippen LogP contribution in [0.15, 0.2) is 23.0 Å². The van der Waals surface area contributed by atoms with E-state index in [1.807, 2.05) is 0 Å². The van der Waals surface area contributed by atoms with Crippen LogP contribution >= 0.6 is 0 Å². The molecule has 0 bridgehead atoms. The molecule has 1 heterocycles. The third kappa shape index (κ3) is 1.82. The molecule has 0 fully saturated rings. The summed E-state index contributed by atoms with van der Waals surface area (Å²) in [7, 11) is 0. The number of halogens is 1. The van der Waals surface area contributed by atoms with Gasteiger partial charge in [-0.2, -0.15) is 0 Å². The first-order valence-corrected chi connectivity index (χ1v) is 6.21. The average molecular weight is 260 g/mol. The molecular weight excluding hydrogens is 247 g/mol. The molecule has 3 rings (SSSR count). The standard InChI is InChI=1S/C14H13FN2O2/c15-7-4-5-11-10(6-7)13(18)8-2-1-3-9(14(16)19)12(8)17-11/h4-6,9H,1-3H2,(H2,16,19)(H,17,18). The normalized spacial score (nSPS) is 18.3. The summed E-state index contributed by atoms with van der Waals surface area (Å²) in [6.45, 7) is 0. The summed E-state index contributed by atoms with van der Waals surface area (Å²) in [5, 5.41) is 0.323. The lowest BCUT2D eigenvalue weighted by atomic mass is 9.85. The van der Waals surface area contributed by atoms with Gasteiger partial charge in [0.1, 0.15) is 5.82 Å². The summed E-state index contributed by atoms with van der Waals surface area (Å²) < 4.78 is 13.2. The van der Waals surface area contributed by atoms with Crippen LogP contribution in [0.5, 0.6) is 0 Å². The molecular formula is C14H13FN2O2. The van der Waals surface area contributed by atoms with Crippen LogP contribution in [0.4, 0.5) is 4.39 Å². The van der Waals surface area contributed by atoms with Crippen molar-refractivity contribution in [3.05, 3.63) is 45.5 Å². The molecule has 0 aliphatic heterocycles. The Morgan fingerprint density at radius 2 is 2.21 bits per heavy atom. The molecule has 1 atom stereocenters. The maximum absolute atomic E-state index is 13.2. The highest BCUT2D eigenvalue weighted by atomic mass is 19.1. The summed E-state index contributed by atoms with van der Waals surface area (Å²) in [5.74, 6) is -1.33. The Balaban J connectivity index is 2.34. The Morgan fingerprint density at radius 3 is 2.95 bits per heavy atom. The molecule has 0 spiro atoms. The van der Waals surface area contributed by atoms with E-state index in [9.17, 15) is 14.0 Å². The summed E-state index contributed by atoms with van der Waals surface area (Å²) in [4.78, 5) is 26.9. The fraction of sp³-hybridized carbons (Fsp3) is 0.286. The number of nitrogens with one attached hydrogen (secondary N) is 1. The molecule has 1 aromatic carbocycles. The molecule has 0 saturated heterocycles. The van der Waals surface area contributed by atoms with E-state index in [2.05, 4.69) is 4.98 Å². The number of aromatic nitrogens is 1. The number of fused-ring (bicyclic) bond motifs is 2. The van der Waals surface area contributed by atoms with E-state index in [4.69, 9.17) is 5.73 Å².